The molecule has 8 heteroatoms. The maximum atomic E-state index is 12.4. The average molecular weight is 392 g/mol. The molecular weight excluding hydrogens is 366 g/mol. The molecule has 2 aromatic rings. The number of piperidine rings is 1. The van der Waals surface area contributed by atoms with Gasteiger partial charge in [-0.3, -0.25) is 9.69 Å². The predicted octanol–water partition coefficient (Wildman–Crippen LogP) is 2.96. The molecule has 1 aromatic carbocycles. The fraction of sp³-hybridized carbons (Fsp3) is 0.526. The number of hydrogen-bond donors (Lipinski definition) is 1. The third-order valence-electron chi connectivity index (χ3n) is 5.07. The van der Waals surface area contributed by atoms with Crippen LogP contribution in [-0.4, -0.2) is 62.0 Å². The van der Waals surface area contributed by atoms with Crippen LogP contribution in [0.3, 0.4) is 0 Å². The zero-order valence-electron chi connectivity index (χ0n) is 15.8. The van der Waals surface area contributed by atoms with Crippen LogP contribution in [0, 0.1) is 0 Å². The van der Waals surface area contributed by atoms with Crippen molar-refractivity contribution < 1.29 is 9.90 Å². The molecule has 2 heterocycles. The van der Waals surface area contributed by atoms with Crippen LogP contribution in [0.25, 0.3) is 0 Å². The van der Waals surface area contributed by atoms with Crippen LogP contribution < -0.4 is 0 Å². The van der Waals surface area contributed by atoms with Gasteiger partial charge in [-0.05, 0) is 51.4 Å². The molecule has 1 N–H and O–H groups in total. The van der Waals surface area contributed by atoms with E-state index in [9.17, 15) is 9.90 Å². The van der Waals surface area contributed by atoms with Gasteiger partial charge in [0.05, 0.1) is 12.2 Å². The van der Waals surface area contributed by atoms with Crippen LogP contribution in [-0.2, 0) is 6.54 Å². The van der Waals surface area contributed by atoms with Crippen molar-refractivity contribution in [2.45, 2.75) is 39.3 Å². The summed E-state index contributed by atoms with van der Waals surface area (Å²) in [5.41, 5.74) is 1.21. The summed E-state index contributed by atoms with van der Waals surface area (Å²) in [7, 11) is 0. The number of phenols is 1. The lowest BCUT2D eigenvalue weighted by molar-refractivity contribution is 0.0767. The molecule has 1 atom stereocenters. The Balaban J connectivity index is 1.68. The van der Waals surface area contributed by atoms with Crippen LogP contribution in [0.5, 0.6) is 5.75 Å². The van der Waals surface area contributed by atoms with Gasteiger partial charge in [-0.1, -0.05) is 16.8 Å². The third-order valence-corrected chi connectivity index (χ3v) is 5.31. The monoisotopic (exact) mass is 391 g/mol. The maximum Gasteiger partial charge on any atom is 0.276 e. The number of carbonyl (C=O) groups is 1. The van der Waals surface area contributed by atoms with Crippen LogP contribution in [0.1, 0.15) is 48.8 Å². The third kappa shape index (κ3) is 4.59. The van der Waals surface area contributed by atoms with Crippen molar-refractivity contribution in [3.8, 4) is 5.75 Å². The van der Waals surface area contributed by atoms with E-state index in [-0.39, 0.29) is 17.7 Å². The highest BCUT2D eigenvalue weighted by Crippen LogP contribution is 2.27. The molecule has 0 unspecified atom stereocenters. The number of likely N-dealkylation sites (tertiary alicyclic amines) is 1. The molecule has 0 spiro atoms. The van der Waals surface area contributed by atoms with Gasteiger partial charge in [-0.15, -0.1) is 5.10 Å². The summed E-state index contributed by atoms with van der Waals surface area (Å²) in [6.45, 7) is 7.58. The van der Waals surface area contributed by atoms with E-state index >= 15 is 0 Å². The zero-order valence-corrected chi connectivity index (χ0v) is 16.6. The molecule has 3 rings (SSSR count). The molecule has 1 fully saturated rings. The summed E-state index contributed by atoms with van der Waals surface area (Å²) in [6, 6.07) is 5.27. The fourth-order valence-corrected chi connectivity index (χ4v) is 3.73. The smallest absolute Gasteiger partial charge is 0.276 e. The Kier molecular flexibility index (Phi) is 6.34. The second-order valence-corrected chi connectivity index (χ2v) is 7.30. The summed E-state index contributed by atoms with van der Waals surface area (Å²) >= 11 is 6.05. The first-order valence-corrected chi connectivity index (χ1v) is 9.80. The highest BCUT2D eigenvalue weighted by atomic mass is 35.5. The lowest BCUT2D eigenvalue weighted by Crippen LogP contribution is -2.36. The quantitative estimate of drug-likeness (QED) is 0.819. The molecular formula is C19H26ClN5O2. The summed E-state index contributed by atoms with van der Waals surface area (Å²) in [6.07, 6.45) is 3.76. The van der Waals surface area contributed by atoms with Gasteiger partial charge in [0, 0.05) is 36.8 Å². The molecule has 1 aromatic heterocycles. The number of rotatable bonds is 6. The van der Waals surface area contributed by atoms with Crippen molar-refractivity contribution >= 4 is 17.5 Å². The topological polar surface area (TPSA) is 74.5 Å². The molecule has 146 valence electrons. The highest BCUT2D eigenvalue weighted by molar-refractivity contribution is 6.30. The normalized spacial score (nSPS) is 17.8. The number of halogens is 1. The summed E-state index contributed by atoms with van der Waals surface area (Å²) in [5, 5.41) is 19.0. The molecule has 0 aliphatic carbocycles. The van der Waals surface area contributed by atoms with Crippen LogP contribution in [0.2, 0.25) is 5.02 Å². The van der Waals surface area contributed by atoms with E-state index < -0.39 is 0 Å². The Labute approximate surface area is 164 Å². The van der Waals surface area contributed by atoms with Crippen molar-refractivity contribution in [2.24, 2.45) is 0 Å². The number of benzene rings is 1. The molecule has 1 aliphatic heterocycles. The minimum absolute atomic E-state index is 0.0808. The first-order chi connectivity index (χ1) is 13.0. The lowest BCUT2D eigenvalue weighted by Gasteiger charge is -2.32. The van der Waals surface area contributed by atoms with Crippen molar-refractivity contribution in [2.75, 3.05) is 26.2 Å². The Morgan fingerprint density at radius 3 is 2.89 bits per heavy atom. The van der Waals surface area contributed by atoms with E-state index in [4.69, 9.17) is 11.6 Å². The van der Waals surface area contributed by atoms with Crippen LogP contribution in [0.15, 0.2) is 24.4 Å². The van der Waals surface area contributed by atoms with E-state index in [2.05, 4.69) is 15.2 Å². The van der Waals surface area contributed by atoms with Crippen LogP contribution >= 0.6 is 11.6 Å². The molecule has 1 saturated heterocycles. The van der Waals surface area contributed by atoms with Crippen LogP contribution in [0.4, 0.5) is 0 Å². The van der Waals surface area contributed by atoms with E-state index in [1.54, 1.807) is 34.0 Å². The maximum absolute atomic E-state index is 12.4. The lowest BCUT2D eigenvalue weighted by atomic mass is 10.0. The van der Waals surface area contributed by atoms with Crippen molar-refractivity contribution in [3.63, 3.8) is 0 Å². The molecule has 7 nitrogen and oxygen atoms in total. The number of amides is 1. The van der Waals surface area contributed by atoms with Gasteiger partial charge < -0.3 is 10.0 Å². The van der Waals surface area contributed by atoms with Gasteiger partial charge in [0.25, 0.3) is 5.91 Å². The Morgan fingerprint density at radius 2 is 2.15 bits per heavy atom. The van der Waals surface area contributed by atoms with Gasteiger partial charge in [-0.2, -0.15) is 0 Å². The first-order valence-electron chi connectivity index (χ1n) is 9.42. The number of aromatic nitrogens is 3. The van der Waals surface area contributed by atoms with E-state index in [1.165, 1.54) is 0 Å². The average Bonchev–Trinajstić information content (AvgIpc) is 3.16. The fourth-order valence-electron chi connectivity index (χ4n) is 3.54. The summed E-state index contributed by atoms with van der Waals surface area (Å²) < 4.78 is 1.81. The molecule has 0 bridgehead atoms. The highest BCUT2D eigenvalue weighted by Gasteiger charge is 2.25. The second kappa shape index (κ2) is 8.71. The van der Waals surface area contributed by atoms with Gasteiger partial charge in [-0.25, -0.2) is 4.68 Å². The van der Waals surface area contributed by atoms with E-state index in [1.807, 2.05) is 13.8 Å². The SMILES string of the molecule is CCN(CC)C(=O)c1cn([C@@H]2CCCN(Cc3cc(Cl)ccc3O)C2)nn1. The Hall–Kier alpha value is -2.12. The largest absolute Gasteiger partial charge is 0.508 e. The summed E-state index contributed by atoms with van der Waals surface area (Å²) in [4.78, 5) is 16.4. The number of aromatic hydroxyl groups is 1. The van der Waals surface area contributed by atoms with Gasteiger partial charge in [0.2, 0.25) is 0 Å². The van der Waals surface area contributed by atoms with Crippen molar-refractivity contribution in [3.05, 3.63) is 40.7 Å². The minimum Gasteiger partial charge on any atom is -0.508 e. The predicted molar refractivity (Wildman–Crippen MR) is 104 cm³/mol. The number of hydrogen-bond acceptors (Lipinski definition) is 5. The van der Waals surface area contributed by atoms with E-state index in [0.29, 0.717) is 30.4 Å². The number of phenolic OH excluding ortho intramolecular Hbond substituents is 1. The minimum atomic E-state index is -0.0808. The zero-order chi connectivity index (χ0) is 19.4. The molecule has 1 amide bonds. The number of nitrogens with zero attached hydrogens (tertiary/aromatic N) is 5. The summed E-state index contributed by atoms with van der Waals surface area (Å²) in [5.74, 6) is 0.178. The molecule has 27 heavy (non-hydrogen) atoms. The standard InChI is InChI=1S/C19H26ClN5O2/c1-3-24(4-2)19(27)17-13-25(22-21-17)16-6-5-9-23(12-16)11-14-10-15(20)7-8-18(14)26/h7-8,10,13,16,26H,3-6,9,11-12H2,1-2H3/t16-/m1/s1. The molecule has 1 aliphatic rings. The van der Waals surface area contributed by atoms with Gasteiger partial charge in [0.15, 0.2) is 5.69 Å². The Morgan fingerprint density at radius 1 is 1.37 bits per heavy atom. The first kappa shape index (κ1) is 19.6. The van der Waals surface area contributed by atoms with Gasteiger partial charge >= 0.3 is 0 Å². The number of carbonyl (C=O) groups excluding carboxylic acids is 1. The second-order valence-electron chi connectivity index (χ2n) is 6.87. The molecule has 0 radical (unpaired) electrons. The van der Waals surface area contributed by atoms with Crippen molar-refractivity contribution in [1.29, 1.82) is 0 Å². The van der Waals surface area contributed by atoms with Crippen molar-refractivity contribution in [1.82, 2.24) is 24.8 Å². The van der Waals surface area contributed by atoms with E-state index in [0.717, 1.165) is 31.5 Å². The molecule has 0 saturated carbocycles. The van der Waals surface area contributed by atoms with Gasteiger partial charge in [0.1, 0.15) is 5.75 Å². The Bertz CT molecular complexity index is 790.